The highest BCUT2D eigenvalue weighted by Crippen LogP contribution is 2.21. The zero-order valence-electron chi connectivity index (χ0n) is 18.6. The zero-order chi connectivity index (χ0) is 23.1. The van der Waals surface area contributed by atoms with Crippen molar-refractivity contribution in [2.45, 2.75) is 20.4 Å². The van der Waals surface area contributed by atoms with Crippen LogP contribution in [0.5, 0.6) is 5.75 Å². The summed E-state index contributed by atoms with van der Waals surface area (Å²) in [7, 11) is 1.55. The van der Waals surface area contributed by atoms with Gasteiger partial charge < -0.3 is 24.8 Å². The summed E-state index contributed by atoms with van der Waals surface area (Å²) in [4.78, 5) is 38.7. The fraction of sp³-hybridized carbons (Fsp3) is 0.292. The molecule has 0 spiro atoms. The lowest BCUT2D eigenvalue weighted by Crippen LogP contribution is -2.33. The second-order valence-electron chi connectivity index (χ2n) is 7.24. The molecule has 0 aliphatic rings. The maximum Gasteiger partial charge on any atom is 0.251 e. The zero-order valence-corrected chi connectivity index (χ0v) is 18.6. The Bertz CT molecular complexity index is 1100. The van der Waals surface area contributed by atoms with E-state index in [1.54, 1.807) is 42.3 Å². The molecule has 0 saturated carbocycles. The van der Waals surface area contributed by atoms with E-state index in [9.17, 15) is 14.4 Å². The van der Waals surface area contributed by atoms with E-state index in [2.05, 4.69) is 10.6 Å². The summed E-state index contributed by atoms with van der Waals surface area (Å²) in [6.45, 7) is 5.41. The summed E-state index contributed by atoms with van der Waals surface area (Å²) < 4.78 is 6.97. The number of benzene rings is 2. The first-order valence-corrected chi connectivity index (χ1v) is 10.5. The van der Waals surface area contributed by atoms with Crippen LogP contribution < -0.4 is 15.4 Å². The van der Waals surface area contributed by atoms with Crippen molar-refractivity contribution >= 4 is 34.3 Å². The Kier molecular flexibility index (Phi) is 7.49. The maximum atomic E-state index is 12.4. The predicted molar refractivity (Wildman–Crippen MR) is 124 cm³/mol. The third-order valence-corrected chi connectivity index (χ3v) is 5.24. The average molecular weight is 437 g/mol. The van der Waals surface area contributed by atoms with Crippen molar-refractivity contribution in [3.63, 3.8) is 0 Å². The van der Waals surface area contributed by atoms with Crippen LogP contribution in [0.3, 0.4) is 0 Å². The number of ether oxygens (including phenoxy) is 1. The normalized spacial score (nSPS) is 10.6. The van der Waals surface area contributed by atoms with E-state index in [-0.39, 0.29) is 30.8 Å². The first-order chi connectivity index (χ1) is 15.4. The minimum Gasteiger partial charge on any atom is -0.497 e. The molecule has 0 fully saturated rings. The largest absolute Gasteiger partial charge is 0.497 e. The summed E-state index contributed by atoms with van der Waals surface area (Å²) in [5.41, 5.74) is 1.98. The maximum absolute atomic E-state index is 12.4. The molecule has 8 heteroatoms. The molecule has 168 valence electrons. The van der Waals surface area contributed by atoms with Gasteiger partial charge in [0.05, 0.1) is 13.7 Å². The molecule has 1 aromatic heterocycles. The second-order valence-corrected chi connectivity index (χ2v) is 7.24. The Morgan fingerprint density at radius 2 is 1.72 bits per heavy atom. The number of fused-ring (bicyclic) bond motifs is 1. The highest BCUT2D eigenvalue weighted by atomic mass is 16.5. The fourth-order valence-electron chi connectivity index (χ4n) is 3.45. The lowest BCUT2D eigenvalue weighted by atomic mass is 10.2. The van der Waals surface area contributed by atoms with Gasteiger partial charge in [-0.25, -0.2) is 0 Å². The van der Waals surface area contributed by atoms with E-state index in [1.807, 2.05) is 42.8 Å². The number of nitrogens with zero attached hydrogens (tertiary/aromatic N) is 2. The molecule has 0 saturated heterocycles. The van der Waals surface area contributed by atoms with Crippen molar-refractivity contribution in [2.24, 2.45) is 0 Å². The van der Waals surface area contributed by atoms with Crippen molar-refractivity contribution in [3.8, 4) is 5.75 Å². The molecule has 3 amide bonds. The van der Waals surface area contributed by atoms with Gasteiger partial charge >= 0.3 is 0 Å². The molecule has 32 heavy (non-hydrogen) atoms. The smallest absolute Gasteiger partial charge is 0.251 e. The number of carbonyl (C=O) groups excluding carboxylic acids is 3. The molecule has 2 N–H and O–H groups in total. The predicted octanol–water partition coefficient (Wildman–Crippen LogP) is 2.89. The molecule has 0 radical (unpaired) electrons. The number of carbonyl (C=O) groups is 3. The van der Waals surface area contributed by atoms with Crippen molar-refractivity contribution in [1.82, 2.24) is 14.8 Å². The van der Waals surface area contributed by atoms with E-state index in [0.717, 1.165) is 10.9 Å². The topological polar surface area (TPSA) is 92.7 Å². The lowest BCUT2D eigenvalue weighted by Gasteiger charge is -2.19. The van der Waals surface area contributed by atoms with E-state index in [0.29, 0.717) is 30.1 Å². The monoisotopic (exact) mass is 436 g/mol. The van der Waals surface area contributed by atoms with Gasteiger partial charge in [-0.05, 0) is 62.4 Å². The van der Waals surface area contributed by atoms with E-state index >= 15 is 0 Å². The van der Waals surface area contributed by atoms with Gasteiger partial charge in [-0.3, -0.25) is 14.4 Å². The highest BCUT2D eigenvalue weighted by molar-refractivity contribution is 6.00. The van der Waals surface area contributed by atoms with Crippen LogP contribution in [0.15, 0.2) is 54.7 Å². The molecule has 0 bridgehead atoms. The number of aromatic nitrogens is 1. The van der Waals surface area contributed by atoms with Crippen LogP contribution in [0, 0.1) is 0 Å². The number of anilines is 1. The van der Waals surface area contributed by atoms with Gasteiger partial charge in [0.25, 0.3) is 5.91 Å². The quantitative estimate of drug-likeness (QED) is 0.540. The first kappa shape index (κ1) is 22.9. The van der Waals surface area contributed by atoms with Crippen molar-refractivity contribution in [1.29, 1.82) is 0 Å². The average Bonchev–Trinajstić information content (AvgIpc) is 3.20. The Labute approximate surface area is 187 Å². The first-order valence-electron chi connectivity index (χ1n) is 10.5. The molecule has 3 rings (SSSR count). The fourth-order valence-corrected chi connectivity index (χ4v) is 3.45. The molecular weight excluding hydrogens is 408 g/mol. The standard InChI is InChI=1S/C24H28N4O4/c1-4-27(5-2)23(30)16-28-13-12-18-14-19(8-11-21(18)28)26-22(29)15-25-24(31)17-6-9-20(32-3)10-7-17/h6-14H,4-5,15-16H2,1-3H3,(H,25,31)(H,26,29). The molecule has 0 aliphatic carbocycles. The minimum absolute atomic E-state index is 0.0671. The molecular formula is C24H28N4O4. The Hall–Kier alpha value is -3.81. The summed E-state index contributed by atoms with van der Waals surface area (Å²) in [5.74, 6) is 0.0500. The minimum atomic E-state index is -0.340. The summed E-state index contributed by atoms with van der Waals surface area (Å²) in [5, 5.41) is 6.30. The summed E-state index contributed by atoms with van der Waals surface area (Å²) >= 11 is 0. The van der Waals surface area contributed by atoms with Crippen LogP contribution in [0.1, 0.15) is 24.2 Å². The Morgan fingerprint density at radius 1 is 1.00 bits per heavy atom. The number of likely N-dealkylation sites (N-methyl/N-ethyl adjacent to an activating group) is 1. The third kappa shape index (κ3) is 5.46. The molecule has 0 atom stereocenters. The molecule has 1 heterocycles. The number of nitrogens with one attached hydrogen (secondary N) is 2. The number of hydrogen-bond donors (Lipinski definition) is 2. The van der Waals surface area contributed by atoms with Crippen LogP contribution in [0.4, 0.5) is 5.69 Å². The third-order valence-electron chi connectivity index (χ3n) is 5.24. The van der Waals surface area contributed by atoms with Gasteiger partial charge in [-0.1, -0.05) is 0 Å². The highest BCUT2D eigenvalue weighted by Gasteiger charge is 2.13. The SMILES string of the molecule is CCN(CC)C(=O)Cn1ccc2cc(NC(=O)CNC(=O)c3ccc(OC)cc3)ccc21. The van der Waals surface area contributed by atoms with Crippen LogP contribution >= 0.6 is 0 Å². The number of methoxy groups -OCH3 is 1. The molecule has 8 nitrogen and oxygen atoms in total. The molecule has 0 aliphatic heterocycles. The van der Waals surface area contributed by atoms with Crippen LogP contribution in [0.25, 0.3) is 10.9 Å². The van der Waals surface area contributed by atoms with Crippen LogP contribution in [-0.4, -0.2) is 53.9 Å². The van der Waals surface area contributed by atoms with Gasteiger partial charge in [0.1, 0.15) is 12.3 Å². The second kappa shape index (κ2) is 10.5. The van der Waals surface area contributed by atoms with E-state index < -0.39 is 0 Å². The summed E-state index contributed by atoms with van der Waals surface area (Å²) in [6, 6.07) is 14.0. The number of rotatable bonds is 9. The van der Waals surface area contributed by atoms with Crippen molar-refractivity contribution < 1.29 is 19.1 Å². The van der Waals surface area contributed by atoms with Gasteiger partial charge in [0.2, 0.25) is 11.8 Å². The molecule has 0 unspecified atom stereocenters. The van der Waals surface area contributed by atoms with Crippen molar-refractivity contribution in [2.75, 3.05) is 32.1 Å². The van der Waals surface area contributed by atoms with Gasteiger partial charge in [-0.15, -0.1) is 0 Å². The van der Waals surface area contributed by atoms with Crippen LogP contribution in [-0.2, 0) is 16.1 Å². The Morgan fingerprint density at radius 3 is 2.38 bits per heavy atom. The van der Waals surface area contributed by atoms with E-state index in [4.69, 9.17) is 4.74 Å². The van der Waals surface area contributed by atoms with Gasteiger partial charge in [0.15, 0.2) is 0 Å². The number of amides is 3. The summed E-state index contributed by atoms with van der Waals surface area (Å²) in [6.07, 6.45) is 1.87. The Balaban J connectivity index is 1.58. The van der Waals surface area contributed by atoms with Crippen molar-refractivity contribution in [3.05, 3.63) is 60.3 Å². The van der Waals surface area contributed by atoms with Gasteiger partial charge in [0, 0.05) is 41.4 Å². The molecule has 3 aromatic rings. The molecule has 2 aromatic carbocycles. The number of hydrogen-bond acceptors (Lipinski definition) is 4. The lowest BCUT2D eigenvalue weighted by molar-refractivity contribution is -0.131. The van der Waals surface area contributed by atoms with E-state index in [1.165, 1.54) is 0 Å². The van der Waals surface area contributed by atoms with Crippen LogP contribution in [0.2, 0.25) is 0 Å². The van der Waals surface area contributed by atoms with Gasteiger partial charge in [-0.2, -0.15) is 0 Å².